The maximum atomic E-state index is 12.6. The fourth-order valence-corrected chi connectivity index (χ4v) is 4.26. The molecule has 156 valence electrons. The van der Waals surface area contributed by atoms with Gasteiger partial charge in [0.15, 0.2) is 0 Å². The molecule has 0 bridgehead atoms. The molecular formula is C22H18BrN5O2S. The summed E-state index contributed by atoms with van der Waals surface area (Å²) in [4.78, 5) is 30.1. The topological polar surface area (TPSA) is 88.9 Å². The number of carbonyl (C=O) groups excluding carboxylic acids is 2. The van der Waals surface area contributed by atoms with Crippen LogP contribution in [0.2, 0.25) is 0 Å². The van der Waals surface area contributed by atoms with Crippen molar-refractivity contribution in [2.75, 3.05) is 0 Å². The lowest BCUT2D eigenvalue weighted by Crippen LogP contribution is -2.41. The molecule has 0 saturated heterocycles. The van der Waals surface area contributed by atoms with E-state index in [9.17, 15) is 9.59 Å². The molecule has 4 aromatic rings. The monoisotopic (exact) mass is 495 g/mol. The van der Waals surface area contributed by atoms with Crippen LogP contribution < -0.4 is 10.9 Å². The van der Waals surface area contributed by atoms with E-state index in [0.29, 0.717) is 21.8 Å². The number of nitrogens with zero attached hydrogens (tertiary/aromatic N) is 3. The third kappa shape index (κ3) is 4.42. The molecule has 0 fully saturated rings. The largest absolute Gasteiger partial charge is 0.281 e. The number of aromatic nitrogens is 3. The number of thiazole rings is 1. The summed E-state index contributed by atoms with van der Waals surface area (Å²) in [6.45, 7) is 3.57. The lowest BCUT2D eigenvalue weighted by molar-refractivity contribution is 0.0848. The number of halogens is 1. The Hall–Kier alpha value is -3.30. The van der Waals surface area contributed by atoms with Crippen LogP contribution >= 0.6 is 27.3 Å². The summed E-state index contributed by atoms with van der Waals surface area (Å²) < 4.78 is 2.62. The Bertz CT molecular complexity index is 1250. The maximum Gasteiger partial charge on any atom is 0.281 e. The second-order valence-corrected chi connectivity index (χ2v) is 8.65. The van der Waals surface area contributed by atoms with Gasteiger partial charge in [-0.2, -0.15) is 5.10 Å². The van der Waals surface area contributed by atoms with E-state index in [1.54, 1.807) is 18.5 Å². The molecule has 2 amide bonds. The first-order valence-corrected chi connectivity index (χ1v) is 11.0. The molecule has 7 nitrogen and oxygen atoms in total. The molecule has 2 N–H and O–H groups in total. The zero-order valence-corrected chi connectivity index (χ0v) is 19.1. The third-order valence-electron chi connectivity index (χ3n) is 4.64. The van der Waals surface area contributed by atoms with Crippen LogP contribution in [0.3, 0.4) is 0 Å². The van der Waals surface area contributed by atoms with Crippen LogP contribution in [0.15, 0.2) is 65.3 Å². The van der Waals surface area contributed by atoms with Gasteiger partial charge in [-0.25, -0.2) is 9.67 Å². The minimum Gasteiger partial charge on any atom is -0.267 e. The highest BCUT2D eigenvalue weighted by Gasteiger charge is 2.19. The predicted octanol–water partition coefficient (Wildman–Crippen LogP) is 4.45. The van der Waals surface area contributed by atoms with E-state index in [-0.39, 0.29) is 0 Å². The van der Waals surface area contributed by atoms with Crippen molar-refractivity contribution in [1.82, 2.24) is 25.6 Å². The summed E-state index contributed by atoms with van der Waals surface area (Å²) in [5, 5.41) is 5.04. The molecule has 0 aliphatic rings. The Kier molecular flexibility index (Phi) is 5.97. The van der Waals surface area contributed by atoms with Gasteiger partial charge in [0, 0.05) is 10.0 Å². The average Bonchev–Trinajstić information content (AvgIpc) is 3.36. The van der Waals surface area contributed by atoms with E-state index < -0.39 is 11.8 Å². The second-order valence-electron chi connectivity index (χ2n) is 6.74. The summed E-state index contributed by atoms with van der Waals surface area (Å²) in [5.74, 6) is -0.858. The number of amides is 2. The van der Waals surface area contributed by atoms with E-state index in [1.165, 1.54) is 17.5 Å². The zero-order chi connectivity index (χ0) is 22.0. The normalized spacial score (nSPS) is 10.7. The van der Waals surface area contributed by atoms with E-state index >= 15 is 0 Å². The molecule has 0 unspecified atom stereocenters. The molecule has 0 aliphatic carbocycles. The molecule has 2 heterocycles. The second kappa shape index (κ2) is 8.83. The molecule has 2 aromatic carbocycles. The lowest BCUT2D eigenvalue weighted by Gasteiger charge is -2.07. The van der Waals surface area contributed by atoms with Crippen LogP contribution in [0.25, 0.3) is 16.3 Å². The minimum atomic E-state index is -0.445. The van der Waals surface area contributed by atoms with Crippen LogP contribution in [-0.2, 0) is 0 Å². The quantitative estimate of drug-likeness (QED) is 0.409. The summed E-state index contributed by atoms with van der Waals surface area (Å²) in [5.41, 5.74) is 8.35. The predicted molar refractivity (Wildman–Crippen MR) is 123 cm³/mol. The van der Waals surface area contributed by atoms with Gasteiger partial charge in [0.2, 0.25) is 0 Å². The van der Waals surface area contributed by atoms with Crippen LogP contribution in [0.1, 0.15) is 31.4 Å². The van der Waals surface area contributed by atoms with Gasteiger partial charge in [-0.3, -0.25) is 20.4 Å². The smallest absolute Gasteiger partial charge is 0.267 e. The van der Waals surface area contributed by atoms with Crippen molar-refractivity contribution >= 4 is 39.1 Å². The number of rotatable bonds is 4. The van der Waals surface area contributed by atoms with Gasteiger partial charge >= 0.3 is 0 Å². The number of benzene rings is 2. The molecular weight excluding hydrogens is 478 g/mol. The van der Waals surface area contributed by atoms with Gasteiger partial charge in [-0.15, -0.1) is 11.3 Å². The number of nitrogens with one attached hydrogen (secondary N) is 2. The average molecular weight is 496 g/mol. The molecule has 31 heavy (non-hydrogen) atoms. The summed E-state index contributed by atoms with van der Waals surface area (Å²) in [6, 6.07) is 17.2. The molecule has 0 aliphatic heterocycles. The Labute approximate surface area is 191 Å². The highest BCUT2D eigenvalue weighted by atomic mass is 79.9. The molecule has 2 aromatic heterocycles. The van der Waals surface area contributed by atoms with Crippen LogP contribution in [0, 0.1) is 13.8 Å². The first kappa shape index (κ1) is 21.0. The van der Waals surface area contributed by atoms with Gasteiger partial charge in [0.25, 0.3) is 11.8 Å². The first-order chi connectivity index (χ1) is 14.9. The Morgan fingerprint density at radius 2 is 1.65 bits per heavy atom. The molecule has 0 atom stereocenters. The van der Waals surface area contributed by atoms with Crippen molar-refractivity contribution in [1.29, 1.82) is 0 Å². The fraction of sp³-hybridized carbons (Fsp3) is 0.0909. The first-order valence-electron chi connectivity index (χ1n) is 9.38. The summed E-state index contributed by atoms with van der Waals surface area (Å²) >= 11 is 4.68. The molecule has 0 spiro atoms. The molecule has 0 saturated carbocycles. The number of aryl methyl sites for hydroxylation is 1. The van der Waals surface area contributed by atoms with Gasteiger partial charge in [-0.05, 0) is 38.1 Å². The van der Waals surface area contributed by atoms with Crippen LogP contribution in [0.5, 0.6) is 0 Å². The van der Waals surface area contributed by atoms with Crippen LogP contribution in [0.4, 0.5) is 0 Å². The maximum absolute atomic E-state index is 12.6. The standard InChI is InChI=1S/C22H18BrN5O2S/c1-13-19(31-22(25-13)15-6-4-3-5-7-15)21(30)27-26-20(29)18-12-24-28(14(18)2)17-10-8-16(23)9-11-17/h3-12H,1-2H3,(H,26,29)(H,27,30). The van der Waals surface area contributed by atoms with Crippen molar-refractivity contribution in [3.8, 4) is 16.3 Å². The van der Waals surface area contributed by atoms with Gasteiger partial charge in [-0.1, -0.05) is 46.3 Å². The van der Waals surface area contributed by atoms with Gasteiger partial charge < -0.3 is 0 Å². The van der Waals surface area contributed by atoms with E-state index in [4.69, 9.17) is 0 Å². The molecule has 0 radical (unpaired) electrons. The SMILES string of the molecule is Cc1nc(-c2ccccc2)sc1C(=O)NNC(=O)c1cnn(-c2ccc(Br)cc2)c1C. The number of hydrazine groups is 1. The van der Waals surface area contributed by atoms with Crippen molar-refractivity contribution in [2.24, 2.45) is 0 Å². The van der Waals surface area contributed by atoms with Crippen LogP contribution in [-0.4, -0.2) is 26.6 Å². The van der Waals surface area contributed by atoms with Crippen molar-refractivity contribution < 1.29 is 9.59 Å². The number of hydrogen-bond acceptors (Lipinski definition) is 5. The number of hydrogen-bond donors (Lipinski definition) is 2. The lowest BCUT2D eigenvalue weighted by atomic mass is 10.2. The Morgan fingerprint density at radius 3 is 2.35 bits per heavy atom. The van der Waals surface area contributed by atoms with Gasteiger partial charge in [0.05, 0.1) is 28.8 Å². The van der Waals surface area contributed by atoms with Crippen molar-refractivity contribution in [2.45, 2.75) is 13.8 Å². The Balaban J connectivity index is 1.45. The Morgan fingerprint density at radius 1 is 0.968 bits per heavy atom. The molecule has 4 rings (SSSR count). The van der Waals surface area contributed by atoms with Gasteiger partial charge in [0.1, 0.15) is 9.88 Å². The summed E-state index contributed by atoms with van der Waals surface area (Å²) in [6.07, 6.45) is 1.48. The van der Waals surface area contributed by atoms with E-state index in [2.05, 4.69) is 36.9 Å². The third-order valence-corrected chi connectivity index (χ3v) is 6.37. The highest BCUT2D eigenvalue weighted by Crippen LogP contribution is 2.27. The highest BCUT2D eigenvalue weighted by molar-refractivity contribution is 9.10. The van der Waals surface area contributed by atoms with E-state index in [1.807, 2.05) is 54.6 Å². The minimum absolute atomic E-state index is 0.370. The van der Waals surface area contributed by atoms with E-state index in [0.717, 1.165) is 20.7 Å². The van der Waals surface area contributed by atoms with Crippen molar-refractivity contribution in [3.63, 3.8) is 0 Å². The number of carbonyl (C=O) groups is 2. The fourth-order valence-electron chi connectivity index (χ4n) is 3.02. The summed E-state index contributed by atoms with van der Waals surface area (Å²) in [7, 11) is 0. The zero-order valence-electron chi connectivity index (χ0n) is 16.7. The molecule has 9 heteroatoms. The van der Waals surface area contributed by atoms with Crippen molar-refractivity contribution in [3.05, 3.63) is 87.1 Å².